The Morgan fingerprint density at radius 2 is 2.35 bits per heavy atom. The van der Waals surface area contributed by atoms with E-state index in [2.05, 4.69) is 35.4 Å². The summed E-state index contributed by atoms with van der Waals surface area (Å²) in [5.74, 6) is 9.09. The van der Waals surface area contributed by atoms with Gasteiger partial charge in [0.15, 0.2) is 0 Å². The number of hydrogen-bond acceptors (Lipinski definition) is 4. The first-order chi connectivity index (χ1) is 8.33. The number of nitrogens with one attached hydrogen (secondary N) is 1. The maximum atomic E-state index is 5.68. The Morgan fingerprint density at radius 3 is 2.94 bits per heavy atom. The second-order valence-electron chi connectivity index (χ2n) is 4.64. The van der Waals surface area contributed by atoms with Crippen molar-refractivity contribution in [1.29, 1.82) is 0 Å². The van der Waals surface area contributed by atoms with Crippen LogP contribution in [0.1, 0.15) is 37.8 Å². The molecule has 0 radical (unpaired) electrons. The highest BCUT2D eigenvalue weighted by Gasteiger charge is 2.20. The fourth-order valence-electron chi connectivity index (χ4n) is 2.35. The Kier molecular flexibility index (Phi) is 4.88. The number of nitrogens with zero attached hydrogens (tertiary/aromatic N) is 2. The molecular weight excluding hydrogens is 232 g/mol. The molecule has 5 heteroatoms. The minimum absolute atomic E-state index is 0.253. The van der Waals surface area contributed by atoms with Gasteiger partial charge >= 0.3 is 0 Å². The van der Waals surface area contributed by atoms with Crippen molar-refractivity contribution in [2.45, 2.75) is 38.8 Å². The summed E-state index contributed by atoms with van der Waals surface area (Å²) < 4.78 is 1.95. The second-order valence-corrected chi connectivity index (χ2v) is 5.86. The van der Waals surface area contributed by atoms with Gasteiger partial charge in [-0.05, 0) is 43.6 Å². The fraction of sp³-hybridized carbons (Fsp3) is 0.750. The van der Waals surface area contributed by atoms with Crippen LogP contribution in [0.3, 0.4) is 0 Å². The first-order valence-electron chi connectivity index (χ1n) is 6.39. The number of nitrogens with two attached hydrogens (primary N) is 1. The molecule has 0 spiro atoms. The summed E-state index contributed by atoms with van der Waals surface area (Å²) in [7, 11) is 0. The van der Waals surface area contributed by atoms with Crippen molar-refractivity contribution in [1.82, 2.24) is 15.2 Å². The van der Waals surface area contributed by atoms with Crippen molar-refractivity contribution in [2.75, 3.05) is 11.5 Å². The summed E-state index contributed by atoms with van der Waals surface area (Å²) in [5, 5.41) is 4.31. The van der Waals surface area contributed by atoms with E-state index < -0.39 is 0 Å². The highest BCUT2D eigenvalue weighted by atomic mass is 32.2. The van der Waals surface area contributed by atoms with Gasteiger partial charge in [0, 0.05) is 24.3 Å². The lowest BCUT2D eigenvalue weighted by Crippen LogP contribution is -2.30. The lowest BCUT2D eigenvalue weighted by Gasteiger charge is -2.25. The predicted molar refractivity (Wildman–Crippen MR) is 72.6 cm³/mol. The highest BCUT2D eigenvalue weighted by molar-refractivity contribution is 7.99. The quantitative estimate of drug-likeness (QED) is 0.623. The van der Waals surface area contributed by atoms with Crippen molar-refractivity contribution in [3.8, 4) is 0 Å². The second kappa shape index (κ2) is 6.42. The van der Waals surface area contributed by atoms with E-state index in [0.29, 0.717) is 0 Å². The van der Waals surface area contributed by atoms with E-state index in [1.165, 1.54) is 29.9 Å². The number of aromatic nitrogens is 2. The normalized spacial score (nSPS) is 19.4. The topological polar surface area (TPSA) is 55.9 Å². The highest BCUT2D eigenvalue weighted by Crippen LogP contribution is 2.30. The molecule has 0 amide bonds. The van der Waals surface area contributed by atoms with E-state index in [1.54, 1.807) is 0 Å². The fourth-order valence-corrected chi connectivity index (χ4v) is 3.55. The molecule has 1 aromatic heterocycles. The summed E-state index contributed by atoms with van der Waals surface area (Å²) in [6, 6.07) is 0.253. The zero-order valence-corrected chi connectivity index (χ0v) is 11.2. The van der Waals surface area contributed by atoms with Crippen LogP contribution in [-0.4, -0.2) is 21.3 Å². The van der Waals surface area contributed by atoms with Gasteiger partial charge < -0.3 is 0 Å². The molecule has 0 aliphatic carbocycles. The van der Waals surface area contributed by atoms with Gasteiger partial charge in [-0.15, -0.1) is 0 Å². The van der Waals surface area contributed by atoms with E-state index in [0.717, 1.165) is 18.9 Å². The molecule has 1 atom stereocenters. The number of hydrazine groups is 1. The molecule has 1 aromatic rings. The van der Waals surface area contributed by atoms with E-state index in [1.807, 2.05) is 10.9 Å². The molecule has 2 rings (SSSR count). The Labute approximate surface area is 107 Å². The van der Waals surface area contributed by atoms with Crippen LogP contribution in [-0.2, 0) is 6.54 Å². The summed E-state index contributed by atoms with van der Waals surface area (Å²) in [6.07, 6.45) is 7.82. The van der Waals surface area contributed by atoms with Crippen LogP contribution in [0.15, 0.2) is 12.4 Å². The van der Waals surface area contributed by atoms with Gasteiger partial charge in [0.05, 0.1) is 6.20 Å². The molecule has 17 heavy (non-hydrogen) atoms. The molecule has 1 saturated heterocycles. The van der Waals surface area contributed by atoms with Crippen LogP contribution in [0.5, 0.6) is 0 Å². The van der Waals surface area contributed by atoms with Gasteiger partial charge in [-0.2, -0.15) is 16.9 Å². The van der Waals surface area contributed by atoms with Crippen molar-refractivity contribution in [3.63, 3.8) is 0 Å². The average molecular weight is 254 g/mol. The number of thioether (sulfide) groups is 1. The SMILES string of the molecule is CCn1cc(C(CC2CCSCC2)NN)cn1. The number of rotatable bonds is 5. The van der Waals surface area contributed by atoms with Crippen molar-refractivity contribution in [3.05, 3.63) is 18.0 Å². The minimum atomic E-state index is 0.253. The number of hydrogen-bond donors (Lipinski definition) is 2. The van der Waals surface area contributed by atoms with E-state index in [-0.39, 0.29) is 6.04 Å². The lowest BCUT2D eigenvalue weighted by atomic mass is 9.92. The first-order valence-corrected chi connectivity index (χ1v) is 7.55. The molecule has 0 saturated carbocycles. The molecule has 2 heterocycles. The van der Waals surface area contributed by atoms with Crippen LogP contribution in [0.2, 0.25) is 0 Å². The molecule has 0 bridgehead atoms. The van der Waals surface area contributed by atoms with Crippen molar-refractivity contribution < 1.29 is 0 Å². The molecule has 3 N–H and O–H groups in total. The Hall–Kier alpha value is -0.520. The van der Waals surface area contributed by atoms with Crippen LogP contribution in [0.25, 0.3) is 0 Å². The molecule has 1 fully saturated rings. The van der Waals surface area contributed by atoms with Gasteiger partial charge in [-0.25, -0.2) is 0 Å². The van der Waals surface area contributed by atoms with Gasteiger partial charge in [0.2, 0.25) is 0 Å². The maximum Gasteiger partial charge on any atom is 0.0538 e. The molecule has 96 valence electrons. The predicted octanol–water partition coefficient (Wildman–Crippen LogP) is 1.94. The third-order valence-electron chi connectivity index (χ3n) is 3.49. The summed E-state index contributed by atoms with van der Waals surface area (Å²) in [5.41, 5.74) is 4.16. The van der Waals surface area contributed by atoms with Gasteiger partial charge in [0.1, 0.15) is 0 Å². The smallest absolute Gasteiger partial charge is 0.0538 e. The third-order valence-corrected chi connectivity index (χ3v) is 4.54. The van der Waals surface area contributed by atoms with E-state index in [4.69, 9.17) is 5.84 Å². The molecule has 0 aromatic carbocycles. The van der Waals surface area contributed by atoms with Crippen molar-refractivity contribution in [2.24, 2.45) is 11.8 Å². The Morgan fingerprint density at radius 1 is 1.59 bits per heavy atom. The third kappa shape index (κ3) is 3.47. The Balaban J connectivity index is 1.95. The monoisotopic (exact) mass is 254 g/mol. The minimum Gasteiger partial charge on any atom is -0.273 e. The van der Waals surface area contributed by atoms with E-state index in [9.17, 15) is 0 Å². The maximum absolute atomic E-state index is 5.68. The molecule has 1 aliphatic rings. The van der Waals surface area contributed by atoms with Gasteiger partial charge in [-0.1, -0.05) is 0 Å². The zero-order chi connectivity index (χ0) is 12.1. The summed E-state index contributed by atoms with van der Waals surface area (Å²) in [6.45, 7) is 3.01. The summed E-state index contributed by atoms with van der Waals surface area (Å²) >= 11 is 2.07. The first kappa shape index (κ1) is 12.9. The van der Waals surface area contributed by atoms with E-state index >= 15 is 0 Å². The van der Waals surface area contributed by atoms with Crippen LogP contribution in [0, 0.1) is 5.92 Å². The van der Waals surface area contributed by atoms with Gasteiger partial charge in [0.25, 0.3) is 0 Å². The molecular formula is C12H22N4S. The van der Waals surface area contributed by atoms with Crippen LogP contribution in [0.4, 0.5) is 0 Å². The van der Waals surface area contributed by atoms with Gasteiger partial charge in [-0.3, -0.25) is 16.0 Å². The largest absolute Gasteiger partial charge is 0.273 e. The number of aryl methyl sites for hydroxylation is 1. The molecule has 1 unspecified atom stereocenters. The standard InChI is InChI=1S/C12H22N4S/c1-2-16-9-11(8-14-16)12(15-13)7-10-3-5-17-6-4-10/h8-10,12,15H,2-7,13H2,1H3. The van der Waals surface area contributed by atoms with Crippen LogP contribution < -0.4 is 11.3 Å². The summed E-state index contributed by atoms with van der Waals surface area (Å²) in [4.78, 5) is 0. The van der Waals surface area contributed by atoms with Crippen molar-refractivity contribution >= 4 is 11.8 Å². The Bertz CT molecular complexity index is 333. The molecule has 1 aliphatic heterocycles. The lowest BCUT2D eigenvalue weighted by molar-refractivity contribution is 0.373. The van der Waals surface area contributed by atoms with Crippen LogP contribution >= 0.6 is 11.8 Å². The average Bonchev–Trinajstić information content (AvgIpc) is 2.86. The zero-order valence-electron chi connectivity index (χ0n) is 10.4. The molecule has 4 nitrogen and oxygen atoms in total.